The summed E-state index contributed by atoms with van der Waals surface area (Å²) in [5.74, 6) is -0.550. The van der Waals surface area contributed by atoms with Gasteiger partial charge in [-0.3, -0.25) is 0 Å². The molecule has 0 aromatic carbocycles. The third kappa shape index (κ3) is 3.22. The topological polar surface area (TPSA) is 84.4 Å². The Hall–Kier alpha value is -0.710. The molecular weight excluding hydrogens is 339 g/mol. The molecule has 1 aliphatic rings. The molecule has 1 atom stereocenters. The van der Waals surface area contributed by atoms with Crippen LogP contribution in [0.5, 0.6) is 0 Å². The third-order valence-corrected chi connectivity index (χ3v) is 8.40. The van der Waals surface area contributed by atoms with Crippen molar-refractivity contribution in [2.24, 2.45) is 0 Å². The predicted molar refractivity (Wildman–Crippen MR) is 78.7 cm³/mol. The van der Waals surface area contributed by atoms with Gasteiger partial charge in [-0.1, -0.05) is 6.92 Å². The summed E-state index contributed by atoms with van der Waals surface area (Å²) in [6.07, 6.45) is 1.16. The van der Waals surface area contributed by atoms with Gasteiger partial charge in [-0.25, -0.2) is 26.2 Å². The highest BCUT2D eigenvalue weighted by Gasteiger charge is 2.42. The number of hydrogen-bond acceptors (Lipinski definition) is 6. The van der Waals surface area contributed by atoms with Gasteiger partial charge >= 0.3 is 0 Å². The molecule has 1 saturated heterocycles. The van der Waals surface area contributed by atoms with E-state index in [1.807, 2.05) is 0 Å². The Kier molecular flexibility index (Phi) is 4.91. The summed E-state index contributed by atoms with van der Waals surface area (Å²) in [7, 11) is -7.88. The summed E-state index contributed by atoms with van der Waals surface area (Å²) < 4.78 is 63.8. The van der Waals surface area contributed by atoms with Gasteiger partial charge in [0.2, 0.25) is 5.03 Å². The second-order valence-electron chi connectivity index (χ2n) is 4.39. The number of sulfonamides is 1. The predicted octanol–water partition coefficient (Wildman–Crippen LogP) is 0.719. The minimum Gasteiger partial charge on any atom is -0.241 e. The van der Waals surface area contributed by atoms with Crippen LogP contribution < -0.4 is 0 Å². The summed E-state index contributed by atoms with van der Waals surface area (Å²) in [4.78, 5) is 3.56. The highest BCUT2D eigenvalue weighted by Crippen LogP contribution is 2.27. The summed E-state index contributed by atoms with van der Waals surface area (Å²) in [6.45, 7) is 1.48. The van der Waals surface area contributed by atoms with E-state index in [-0.39, 0.29) is 18.1 Å². The molecule has 6 nitrogen and oxygen atoms in total. The number of thioether (sulfide) groups is 1. The van der Waals surface area contributed by atoms with Crippen LogP contribution in [0.4, 0.5) is 4.39 Å². The highest BCUT2D eigenvalue weighted by molar-refractivity contribution is 8.01. The fraction of sp³-hybridized carbons (Fsp3) is 0.545. The van der Waals surface area contributed by atoms with Crippen LogP contribution in [0.3, 0.4) is 0 Å². The lowest BCUT2D eigenvalue weighted by molar-refractivity contribution is 0.398. The van der Waals surface area contributed by atoms with E-state index >= 15 is 0 Å². The van der Waals surface area contributed by atoms with E-state index in [1.165, 1.54) is 24.8 Å². The van der Waals surface area contributed by atoms with Crippen LogP contribution in [0.25, 0.3) is 0 Å². The second kappa shape index (κ2) is 6.19. The van der Waals surface area contributed by atoms with Crippen LogP contribution in [0.2, 0.25) is 0 Å². The van der Waals surface area contributed by atoms with Gasteiger partial charge in [0.05, 0.1) is 0 Å². The summed E-state index contributed by atoms with van der Waals surface area (Å²) in [5, 5.41) is -1.90. The molecule has 118 valence electrons. The number of nitrogens with zero attached hydrogens (tertiary/aromatic N) is 2. The molecule has 0 radical (unpaired) electrons. The molecule has 0 aliphatic carbocycles. The Balaban J connectivity index is 2.49. The standard InChI is InChI=1S/C11H15FN2O4S3/c1-2-20(15,16)10-8-19-7-6-14(10)21(17,18)11-9(12)4-3-5-13-11/h3-5,10H,2,6-8H2,1H3. The molecule has 0 saturated carbocycles. The molecule has 1 aromatic rings. The zero-order chi connectivity index (χ0) is 15.7. The average molecular weight is 354 g/mol. The van der Waals surface area contributed by atoms with Crippen LogP contribution >= 0.6 is 11.8 Å². The summed E-state index contributed by atoms with van der Waals surface area (Å²) in [6, 6.07) is 2.27. The van der Waals surface area contributed by atoms with E-state index in [0.29, 0.717) is 5.75 Å². The molecule has 2 rings (SSSR count). The smallest absolute Gasteiger partial charge is 0.241 e. The number of hydrogen-bond donors (Lipinski definition) is 0. The van der Waals surface area contributed by atoms with Crippen LogP contribution in [0.15, 0.2) is 23.4 Å². The number of aromatic nitrogens is 1. The van der Waals surface area contributed by atoms with Gasteiger partial charge in [-0.2, -0.15) is 16.1 Å². The van der Waals surface area contributed by atoms with Crippen molar-refractivity contribution in [3.8, 4) is 0 Å². The van der Waals surface area contributed by atoms with Crippen molar-refractivity contribution in [2.45, 2.75) is 17.3 Å². The summed E-state index contributed by atoms with van der Waals surface area (Å²) in [5.41, 5.74) is 0. The number of rotatable bonds is 4. The van der Waals surface area contributed by atoms with Crippen LogP contribution in [-0.4, -0.2) is 55.3 Å². The second-order valence-corrected chi connectivity index (χ2v) is 9.79. The number of sulfone groups is 1. The largest absolute Gasteiger partial charge is 0.264 e. The van der Waals surface area contributed by atoms with E-state index in [1.54, 1.807) is 0 Å². The van der Waals surface area contributed by atoms with E-state index in [9.17, 15) is 21.2 Å². The average Bonchev–Trinajstić information content (AvgIpc) is 2.47. The maximum atomic E-state index is 13.7. The van der Waals surface area contributed by atoms with Crippen LogP contribution in [0, 0.1) is 5.82 Å². The SMILES string of the molecule is CCS(=O)(=O)C1CSCCN1S(=O)(=O)c1ncccc1F. The molecule has 1 unspecified atom stereocenters. The highest BCUT2D eigenvalue weighted by atomic mass is 32.2. The molecule has 1 fully saturated rings. The van der Waals surface area contributed by atoms with Gasteiger partial charge in [0.15, 0.2) is 15.7 Å². The lowest BCUT2D eigenvalue weighted by Crippen LogP contribution is -2.50. The lowest BCUT2D eigenvalue weighted by Gasteiger charge is -2.33. The minimum atomic E-state index is -4.28. The van der Waals surface area contributed by atoms with Gasteiger partial charge in [0, 0.05) is 30.0 Å². The first-order valence-electron chi connectivity index (χ1n) is 6.22. The first kappa shape index (κ1) is 16.7. The van der Waals surface area contributed by atoms with Crippen molar-refractivity contribution in [3.05, 3.63) is 24.1 Å². The van der Waals surface area contributed by atoms with Gasteiger partial charge in [-0.05, 0) is 12.1 Å². The zero-order valence-electron chi connectivity index (χ0n) is 11.3. The van der Waals surface area contributed by atoms with Crippen LogP contribution in [0.1, 0.15) is 6.92 Å². The van der Waals surface area contributed by atoms with Crippen molar-refractivity contribution < 1.29 is 21.2 Å². The molecule has 1 aliphatic heterocycles. The fourth-order valence-electron chi connectivity index (χ4n) is 1.99. The Bertz CT molecular complexity index is 721. The Morgan fingerprint density at radius 1 is 1.43 bits per heavy atom. The molecule has 21 heavy (non-hydrogen) atoms. The molecule has 0 spiro atoms. The van der Waals surface area contributed by atoms with Crippen molar-refractivity contribution >= 4 is 31.6 Å². The van der Waals surface area contributed by atoms with E-state index in [0.717, 1.165) is 16.6 Å². The van der Waals surface area contributed by atoms with Crippen molar-refractivity contribution in [1.82, 2.24) is 9.29 Å². The first-order chi connectivity index (χ1) is 9.80. The van der Waals surface area contributed by atoms with Gasteiger partial charge in [-0.15, -0.1) is 0 Å². The molecule has 0 bridgehead atoms. The quantitative estimate of drug-likeness (QED) is 0.792. The number of halogens is 1. The first-order valence-corrected chi connectivity index (χ1v) is 10.5. The normalized spacial score (nSPS) is 21.3. The van der Waals surface area contributed by atoms with Gasteiger partial charge in [0.25, 0.3) is 10.0 Å². The van der Waals surface area contributed by atoms with Crippen LogP contribution in [-0.2, 0) is 19.9 Å². The summed E-state index contributed by atoms with van der Waals surface area (Å²) >= 11 is 1.37. The third-order valence-electron chi connectivity index (χ3n) is 3.13. The molecule has 0 N–H and O–H groups in total. The molecule has 2 heterocycles. The van der Waals surface area contributed by atoms with Crippen molar-refractivity contribution in [2.75, 3.05) is 23.8 Å². The molecule has 0 amide bonds. The van der Waals surface area contributed by atoms with Crippen molar-refractivity contribution in [1.29, 1.82) is 0 Å². The van der Waals surface area contributed by atoms with E-state index in [2.05, 4.69) is 4.98 Å². The van der Waals surface area contributed by atoms with E-state index < -0.39 is 36.1 Å². The minimum absolute atomic E-state index is 0.0207. The monoisotopic (exact) mass is 354 g/mol. The van der Waals surface area contributed by atoms with E-state index in [4.69, 9.17) is 0 Å². The lowest BCUT2D eigenvalue weighted by atomic mass is 10.5. The molecule has 1 aromatic heterocycles. The zero-order valence-corrected chi connectivity index (χ0v) is 13.7. The van der Waals surface area contributed by atoms with Crippen molar-refractivity contribution in [3.63, 3.8) is 0 Å². The fourth-order valence-corrected chi connectivity index (χ4v) is 7.22. The molecule has 10 heteroatoms. The van der Waals surface area contributed by atoms with Gasteiger partial charge in [0.1, 0.15) is 5.37 Å². The number of pyridine rings is 1. The Morgan fingerprint density at radius 3 is 2.76 bits per heavy atom. The Labute approximate surface area is 127 Å². The van der Waals surface area contributed by atoms with Gasteiger partial charge < -0.3 is 0 Å². The maximum Gasteiger partial charge on any atom is 0.264 e. The maximum absolute atomic E-state index is 13.7. The Morgan fingerprint density at radius 2 is 2.14 bits per heavy atom. The molecular formula is C11H15FN2O4S3.